The normalized spacial score (nSPS) is 39.0. The van der Waals surface area contributed by atoms with Crippen LogP contribution in [0.25, 0.3) is 0 Å². The first-order valence-corrected chi connectivity index (χ1v) is 6.91. The molecule has 1 N–H and O–H groups in total. The second-order valence-corrected chi connectivity index (χ2v) is 6.16. The molecule has 3 atom stereocenters. The first-order valence-electron chi connectivity index (χ1n) is 6.91. The lowest BCUT2D eigenvalue weighted by Crippen LogP contribution is -2.63. The van der Waals surface area contributed by atoms with Gasteiger partial charge in [-0.3, -0.25) is 0 Å². The average Bonchev–Trinajstić information content (AvgIpc) is 2.42. The topological polar surface area (TPSA) is 12.0 Å². The van der Waals surface area contributed by atoms with Gasteiger partial charge < -0.3 is 5.32 Å². The van der Waals surface area contributed by atoms with Gasteiger partial charge in [-0.2, -0.15) is 0 Å². The summed E-state index contributed by atoms with van der Waals surface area (Å²) in [6.45, 7) is 8.43. The van der Waals surface area contributed by atoms with Crippen molar-refractivity contribution in [1.29, 1.82) is 0 Å². The molecule has 2 aliphatic rings. The lowest BCUT2D eigenvalue weighted by atomic mass is 9.50. The Morgan fingerprint density at radius 2 is 1.87 bits per heavy atom. The quantitative estimate of drug-likeness (QED) is 0.749. The van der Waals surface area contributed by atoms with Crippen molar-refractivity contribution >= 4 is 0 Å². The molecule has 0 spiro atoms. The molecule has 1 nitrogen and oxygen atoms in total. The fraction of sp³-hybridized carbons (Fsp3) is 1.00. The maximum absolute atomic E-state index is 3.79. The fourth-order valence-corrected chi connectivity index (χ4v) is 4.04. The van der Waals surface area contributed by atoms with Crippen LogP contribution in [0.2, 0.25) is 0 Å². The lowest BCUT2D eigenvalue weighted by Gasteiger charge is -2.59. The van der Waals surface area contributed by atoms with E-state index in [1.165, 1.54) is 45.1 Å². The molecule has 0 saturated heterocycles. The molecule has 2 saturated carbocycles. The van der Waals surface area contributed by atoms with Gasteiger partial charge in [0.1, 0.15) is 0 Å². The van der Waals surface area contributed by atoms with Gasteiger partial charge in [0, 0.05) is 6.04 Å². The first-order chi connectivity index (χ1) is 7.18. The molecule has 0 heterocycles. The maximum atomic E-state index is 3.79. The molecule has 0 aromatic carbocycles. The highest BCUT2D eigenvalue weighted by molar-refractivity contribution is 5.07. The zero-order valence-corrected chi connectivity index (χ0v) is 10.7. The largest absolute Gasteiger partial charge is 0.313 e. The molecule has 2 fully saturated rings. The van der Waals surface area contributed by atoms with Gasteiger partial charge >= 0.3 is 0 Å². The molecule has 2 rings (SSSR count). The molecule has 3 unspecified atom stereocenters. The summed E-state index contributed by atoms with van der Waals surface area (Å²) < 4.78 is 0. The molecule has 88 valence electrons. The van der Waals surface area contributed by atoms with Crippen LogP contribution in [0.5, 0.6) is 0 Å². The van der Waals surface area contributed by atoms with Crippen molar-refractivity contribution < 1.29 is 0 Å². The minimum absolute atomic E-state index is 0.560. The number of hydrogen-bond acceptors (Lipinski definition) is 1. The van der Waals surface area contributed by atoms with Crippen LogP contribution < -0.4 is 5.32 Å². The van der Waals surface area contributed by atoms with Crippen LogP contribution in [-0.4, -0.2) is 12.6 Å². The molecule has 2 aliphatic carbocycles. The summed E-state index contributed by atoms with van der Waals surface area (Å²) in [5.41, 5.74) is 0.560. The van der Waals surface area contributed by atoms with Crippen LogP contribution in [0.3, 0.4) is 0 Å². The van der Waals surface area contributed by atoms with Gasteiger partial charge in [0.05, 0.1) is 0 Å². The van der Waals surface area contributed by atoms with Gasteiger partial charge in [0.25, 0.3) is 0 Å². The van der Waals surface area contributed by atoms with Crippen LogP contribution in [-0.2, 0) is 0 Å². The Kier molecular flexibility index (Phi) is 3.39. The molecule has 0 amide bonds. The van der Waals surface area contributed by atoms with Crippen molar-refractivity contribution in [1.82, 2.24) is 5.32 Å². The van der Waals surface area contributed by atoms with Crippen LogP contribution in [0.4, 0.5) is 0 Å². The number of nitrogens with one attached hydrogen (secondary N) is 1. The second kappa shape index (κ2) is 4.45. The zero-order chi connectivity index (χ0) is 10.9. The Labute approximate surface area is 95.0 Å². The molecular weight excluding hydrogens is 182 g/mol. The highest BCUT2D eigenvalue weighted by atomic mass is 15.0. The van der Waals surface area contributed by atoms with E-state index in [4.69, 9.17) is 0 Å². The monoisotopic (exact) mass is 209 g/mol. The highest BCUT2D eigenvalue weighted by Crippen LogP contribution is 2.56. The van der Waals surface area contributed by atoms with E-state index in [0.717, 1.165) is 17.9 Å². The van der Waals surface area contributed by atoms with E-state index in [1.807, 2.05) is 0 Å². The molecule has 0 bridgehead atoms. The van der Waals surface area contributed by atoms with E-state index < -0.39 is 0 Å². The van der Waals surface area contributed by atoms with Gasteiger partial charge in [0.2, 0.25) is 0 Å². The summed E-state index contributed by atoms with van der Waals surface area (Å²) in [5, 5.41) is 3.79. The van der Waals surface area contributed by atoms with Crippen molar-refractivity contribution in [2.24, 2.45) is 17.3 Å². The Morgan fingerprint density at radius 1 is 1.13 bits per heavy atom. The van der Waals surface area contributed by atoms with Gasteiger partial charge in [-0.05, 0) is 43.1 Å². The molecular formula is C14H27N. The standard InChI is InChI=1S/C14H27N/c1-4-10-15-13-11-8-6-5-7-9-12(11)14(13,2)3/h11-13,15H,4-10H2,1-3H3. The van der Waals surface area contributed by atoms with E-state index in [9.17, 15) is 0 Å². The zero-order valence-electron chi connectivity index (χ0n) is 10.7. The van der Waals surface area contributed by atoms with E-state index in [-0.39, 0.29) is 0 Å². The van der Waals surface area contributed by atoms with Crippen molar-refractivity contribution in [3.63, 3.8) is 0 Å². The summed E-state index contributed by atoms with van der Waals surface area (Å²) >= 11 is 0. The number of hydrogen-bond donors (Lipinski definition) is 1. The lowest BCUT2D eigenvalue weighted by molar-refractivity contribution is -0.0661. The summed E-state index contributed by atoms with van der Waals surface area (Å²) in [4.78, 5) is 0. The van der Waals surface area contributed by atoms with Crippen LogP contribution >= 0.6 is 0 Å². The average molecular weight is 209 g/mol. The summed E-state index contributed by atoms with van der Waals surface area (Å²) in [6.07, 6.45) is 8.66. The van der Waals surface area contributed by atoms with Gasteiger partial charge in [0.15, 0.2) is 0 Å². The van der Waals surface area contributed by atoms with Gasteiger partial charge in [-0.25, -0.2) is 0 Å². The van der Waals surface area contributed by atoms with Gasteiger partial charge in [-0.1, -0.05) is 40.0 Å². The van der Waals surface area contributed by atoms with E-state index in [2.05, 4.69) is 26.1 Å². The van der Waals surface area contributed by atoms with Crippen molar-refractivity contribution in [3.8, 4) is 0 Å². The third kappa shape index (κ3) is 1.95. The summed E-state index contributed by atoms with van der Waals surface area (Å²) in [6, 6.07) is 0.806. The molecule has 0 aromatic heterocycles. The minimum Gasteiger partial charge on any atom is -0.313 e. The Morgan fingerprint density at radius 3 is 2.60 bits per heavy atom. The van der Waals surface area contributed by atoms with E-state index in [0.29, 0.717) is 5.41 Å². The predicted molar refractivity (Wildman–Crippen MR) is 65.9 cm³/mol. The van der Waals surface area contributed by atoms with Crippen LogP contribution in [0.1, 0.15) is 59.3 Å². The second-order valence-electron chi connectivity index (χ2n) is 6.16. The molecule has 15 heavy (non-hydrogen) atoms. The summed E-state index contributed by atoms with van der Waals surface area (Å²) in [7, 11) is 0. The third-order valence-electron chi connectivity index (χ3n) is 4.87. The maximum Gasteiger partial charge on any atom is 0.0152 e. The third-order valence-corrected chi connectivity index (χ3v) is 4.87. The van der Waals surface area contributed by atoms with Crippen molar-refractivity contribution in [2.45, 2.75) is 65.3 Å². The molecule has 0 aromatic rings. The number of rotatable bonds is 3. The van der Waals surface area contributed by atoms with E-state index >= 15 is 0 Å². The molecule has 0 aliphatic heterocycles. The predicted octanol–water partition coefficient (Wildman–Crippen LogP) is 3.59. The molecule has 1 heteroatoms. The van der Waals surface area contributed by atoms with Crippen LogP contribution in [0, 0.1) is 17.3 Å². The van der Waals surface area contributed by atoms with Crippen LogP contribution in [0.15, 0.2) is 0 Å². The summed E-state index contributed by atoms with van der Waals surface area (Å²) in [5.74, 6) is 2.00. The van der Waals surface area contributed by atoms with Crippen molar-refractivity contribution in [2.75, 3.05) is 6.54 Å². The highest BCUT2D eigenvalue weighted by Gasteiger charge is 2.54. The Balaban J connectivity index is 1.98. The fourth-order valence-electron chi connectivity index (χ4n) is 4.04. The first kappa shape index (κ1) is 11.4. The van der Waals surface area contributed by atoms with Crippen molar-refractivity contribution in [3.05, 3.63) is 0 Å². The SMILES string of the molecule is CCCNC1C2CCCCCC2C1(C)C. The Bertz CT molecular complexity index is 209. The number of fused-ring (bicyclic) bond motifs is 1. The van der Waals surface area contributed by atoms with Gasteiger partial charge in [-0.15, -0.1) is 0 Å². The minimum atomic E-state index is 0.560. The molecule has 0 radical (unpaired) electrons. The Hall–Kier alpha value is -0.0400. The smallest absolute Gasteiger partial charge is 0.0152 e. The van der Waals surface area contributed by atoms with E-state index in [1.54, 1.807) is 0 Å².